The second-order valence-electron chi connectivity index (χ2n) is 7.53. The van der Waals surface area contributed by atoms with Crippen LogP contribution in [0.25, 0.3) is 0 Å². The number of hydrogen-bond acceptors (Lipinski definition) is 2. The van der Waals surface area contributed by atoms with Crippen LogP contribution >= 0.6 is 15.9 Å². The zero-order chi connectivity index (χ0) is 21.6. The molecule has 2 aromatic rings. The number of halogens is 1. The van der Waals surface area contributed by atoms with Crippen molar-refractivity contribution < 1.29 is 4.79 Å². The Hall–Kier alpha value is -1.88. The number of anilines is 1. The van der Waals surface area contributed by atoms with Crippen molar-refractivity contribution in [2.45, 2.75) is 79.7 Å². The van der Waals surface area contributed by atoms with E-state index in [9.17, 15) is 9.59 Å². The van der Waals surface area contributed by atoms with Crippen LogP contribution in [0.3, 0.4) is 0 Å². The van der Waals surface area contributed by atoms with Crippen LogP contribution in [0.5, 0.6) is 0 Å². The molecule has 0 fully saturated rings. The first-order valence-corrected chi connectivity index (χ1v) is 11.5. The first kappa shape index (κ1) is 23.4. The van der Waals surface area contributed by atoms with Crippen molar-refractivity contribution in [3.05, 3.63) is 61.0 Å². The Morgan fingerprint density at radius 1 is 1.07 bits per heavy atom. The summed E-state index contributed by atoms with van der Waals surface area (Å²) < 4.78 is 2.65. The summed E-state index contributed by atoms with van der Waals surface area (Å²) in [6.07, 6.45) is 6.11. The second kappa shape index (κ2) is 10.8. The monoisotopic (exact) mass is 460 g/mol. The van der Waals surface area contributed by atoms with Gasteiger partial charge in [0.25, 0.3) is 5.91 Å². The zero-order valence-corrected chi connectivity index (χ0v) is 19.9. The molecule has 1 aromatic heterocycles. The van der Waals surface area contributed by atoms with Crippen molar-refractivity contribution in [1.29, 1.82) is 0 Å². The highest BCUT2D eigenvalue weighted by atomic mass is 79.9. The predicted octanol–water partition coefficient (Wildman–Crippen LogP) is 6.19. The van der Waals surface area contributed by atoms with Gasteiger partial charge >= 0.3 is 0 Å². The number of rotatable bonds is 9. The van der Waals surface area contributed by atoms with E-state index in [4.69, 9.17) is 0 Å². The molecule has 0 bridgehead atoms. The average Bonchev–Trinajstić information content (AvgIpc) is 2.70. The van der Waals surface area contributed by atoms with Gasteiger partial charge in [0.05, 0.1) is 4.47 Å². The van der Waals surface area contributed by atoms with E-state index in [2.05, 4.69) is 39.7 Å². The quantitative estimate of drug-likeness (QED) is 0.453. The number of carbonyl (C=O) groups is 1. The first-order chi connectivity index (χ1) is 13.9. The lowest BCUT2D eigenvalue weighted by Crippen LogP contribution is -2.29. The van der Waals surface area contributed by atoms with Gasteiger partial charge in [0.1, 0.15) is 5.56 Å². The highest BCUT2D eigenvalue weighted by molar-refractivity contribution is 9.10. The number of carbonyl (C=O) groups excluding carboxylic acids is 1. The number of para-hydroxylation sites is 1. The molecular weight excluding hydrogens is 428 g/mol. The van der Waals surface area contributed by atoms with Crippen molar-refractivity contribution in [2.24, 2.45) is 0 Å². The van der Waals surface area contributed by atoms with Crippen LogP contribution in [0.15, 0.2) is 27.5 Å². The van der Waals surface area contributed by atoms with Crippen LogP contribution in [0.2, 0.25) is 0 Å². The third-order valence-electron chi connectivity index (χ3n) is 5.55. The van der Waals surface area contributed by atoms with E-state index in [0.717, 1.165) is 60.4 Å². The molecule has 1 aromatic carbocycles. The lowest BCUT2D eigenvalue weighted by molar-refractivity contribution is 0.102. The van der Waals surface area contributed by atoms with Crippen LogP contribution in [-0.2, 0) is 19.4 Å². The number of unbranched alkanes of at least 4 members (excludes halogenated alkanes) is 3. The maximum atomic E-state index is 13.2. The van der Waals surface area contributed by atoms with Crippen LogP contribution in [0.4, 0.5) is 5.69 Å². The fourth-order valence-corrected chi connectivity index (χ4v) is 4.54. The number of aryl methyl sites for hydroxylation is 2. The molecule has 1 amide bonds. The largest absolute Gasteiger partial charge is 0.347 e. The molecule has 0 radical (unpaired) electrons. The molecule has 29 heavy (non-hydrogen) atoms. The molecule has 0 aliphatic rings. The third kappa shape index (κ3) is 5.19. The SMILES string of the molecule is CCCCCCn1c(C)c(C(=O)Nc2c(C)cccc2CC)c(=O)c(Br)c1CC. The van der Waals surface area contributed by atoms with E-state index in [1.54, 1.807) is 0 Å². The normalized spacial score (nSPS) is 11.0. The van der Waals surface area contributed by atoms with Crippen LogP contribution < -0.4 is 10.7 Å². The molecule has 0 unspecified atom stereocenters. The third-order valence-corrected chi connectivity index (χ3v) is 6.37. The molecule has 0 saturated carbocycles. The van der Waals surface area contributed by atoms with Crippen molar-refractivity contribution >= 4 is 27.5 Å². The van der Waals surface area contributed by atoms with Crippen molar-refractivity contribution in [3.63, 3.8) is 0 Å². The summed E-state index contributed by atoms with van der Waals surface area (Å²) in [5.41, 5.74) is 4.59. The Labute approximate surface area is 182 Å². The molecule has 0 aliphatic heterocycles. The van der Waals surface area contributed by atoms with E-state index >= 15 is 0 Å². The summed E-state index contributed by atoms with van der Waals surface area (Å²) in [5, 5.41) is 3.02. The highest BCUT2D eigenvalue weighted by Gasteiger charge is 2.23. The maximum absolute atomic E-state index is 13.2. The van der Waals surface area contributed by atoms with Gasteiger partial charge in [-0.05, 0) is 60.2 Å². The van der Waals surface area contributed by atoms with Gasteiger partial charge in [-0.25, -0.2) is 0 Å². The Bertz CT molecular complexity index is 931. The smallest absolute Gasteiger partial charge is 0.261 e. The molecule has 158 valence electrons. The fourth-order valence-electron chi connectivity index (χ4n) is 3.85. The minimum atomic E-state index is -0.331. The van der Waals surface area contributed by atoms with Gasteiger partial charge in [-0.2, -0.15) is 0 Å². The van der Waals surface area contributed by atoms with Gasteiger partial charge in [0.15, 0.2) is 0 Å². The summed E-state index contributed by atoms with van der Waals surface area (Å²) in [7, 11) is 0. The Balaban J connectivity index is 2.48. The molecule has 4 nitrogen and oxygen atoms in total. The first-order valence-electron chi connectivity index (χ1n) is 10.7. The number of nitrogens with one attached hydrogen (secondary N) is 1. The Morgan fingerprint density at radius 2 is 1.79 bits per heavy atom. The van der Waals surface area contributed by atoms with Crippen LogP contribution in [0, 0.1) is 13.8 Å². The molecule has 0 spiro atoms. The molecule has 0 saturated heterocycles. The zero-order valence-electron chi connectivity index (χ0n) is 18.3. The summed E-state index contributed by atoms with van der Waals surface area (Å²) in [5.74, 6) is -0.331. The summed E-state index contributed by atoms with van der Waals surface area (Å²) in [4.78, 5) is 26.3. The van der Waals surface area contributed by atoms with Crippen LogP contribution in [0.1, 0.15) is 79.3 Å². The number of benzene rings is 1. The van der Waals surface area contributed by atoms with Gasteiger partial charge in [0, 0.05) is 23.6 Å². The van der Waals surface area contributed by atoms with Gasteiger partial charge in [-0.3, -0.25) is 9.59 Å². The molecule has 1 N–H and O–H groups in total. The number of hydrogen-bond donors (Lipinski definition) is 1. The van der Waals surface area contributed by atoms with Crippen molar-refractivity contribution in [2.75, 3.05) is 5.32 Å². The Morgan fingerprint density at radius 3 is 2.41 bits per heavy atom. The highest BCUT2D eigenvalue weighted by Crippen LogP contribution is 2.24. The summed E-state index contributed by atoms with van der Waals surface area (Å²) >= 11 is 3.48. The van der Waals surface area contributed by atoms with Gasteiger partial charge in [-0.1, -0.05) is 58.2 Å². The molecule has 0 atom stereocenters. The minimum Gasteiger partial charge on any atom is -0.347 e. The Kier molecular flexibility index (Phi) is 8.69. The molecule has 5 heteroatoms. The van der Waals surface area contributed by atoms with E-state index in [0.29, 0.717) is 4.47 Å². The number of pyridine rings is 1. The van der Waals surface area contributed by atoms with E-state index in [1.165, 1.54) is 12.8 Å². The van der Waals surface area contributed by atoms with Crippen molar-refractivity contribution in [3.8, 4) is 0 Å². The average molecular weight is 461 g/mol. The van der Waals surface area contributed by atoms with Gasteiger partial charge in [0.2, 0.25) is 5.43 Å². The summed E-state index contributed by atoms with van der Waals surface area (Å²) in [6, 6.07) is 5.98. The molecule has 1 heterocycles. The van der Waals surface area contributed by atoms with Crippen LogP contribution in [-0.4, -0.2) is 10.5 Å². The molecular formula is C24H33BrN2O2. The lowest BCUT2D eigenvalue weighted by atomic mass is 10.0. The second-order valence-corrected chi connectivity index (χ2v) is 8.33. The number of aromatic nitrogens is 1. The van der Waals surface area contributed by atoms with E-state index in [-0.39, 0.29) is 16.9 Å². The summed E-state index contributed by atoms with van der Waals surface area (Å²) in [6.45, 7) is 11.0. The van der Waals surface area contributed by atoms with Crippen molar-refractivity contribution in [1.82, 2.24) is 4.57 Å². The number of amides is 1. The topological polar surface area (TPSA) is 51.1 Å². The maximum Gasteiger partial charge on any atom is 0.261 e. The molecule has 2 rings (SSSR count). The standard InChI is InChI=1S/C24H33BrN2O2/c1-6-9-10-11-15-27-17(5)20(23(28)21(25)19(27)8-3)24(29)26-22-16(4)13-12-14-18(22)7-2/h12-14H,6-11,15H2,1-5H3,(H,26,29). The van der Waals surface area contributed by atoms with Gasteiger partial charge < -0.3 is 9.88 Å². The lowest BCUT2D eigenvalue weighted by Gasteiger charge is -2.21. The molecule has 0 aliphatic carbocycles. The fraction of sp³-hybridized carbons (Fsp3) is 0.500. The predicted molar refractivity (Wildman–Crippen MR) is 125 cm³/mol. The van der Waals surface area contributed by atoms with E-state index < -0.39 is 0 Å². The van der Waals surface area contributed by atoms with E-state index in [1.807, 2.05) is 39.0 Å². The number of nitrogens with zero attached hydrogens (tertiary/aromatic N) is 1. The minimum absolute atomic E-state index is 0.228. The van der Waals surface area contributed by atoms with Gasteiger partial charge in [-0.15, -0.1) is 0 Å².